The van der Waals surface area contributed by atoms with Gasteiger partial charge >= 0.3 is 0 Å². The summed E-state index contributed by atoms with van der Waals surface area (Å²) in [5, 5.41) is 14.8. The molecule has 0 saturated carbocycles. The average molecular weight is 356 g/mol. The first-order chi connectivity index (χ1) is 12.6. The van der Waals surface area contributed by atoms with E-state index in [0.29, 0.717) is 31.9 Å². The lowest BCUT2D eigenvalue weighted by molar-refractivity contribution is -0.384. The van der Waals surface area contributed by atoms with Crippen molar-refractivity contribution in [1.29, 1.82) is 0 Å². The minimum atomic E-state index is -0.404. The number of hydrogen-bond acceptors (Lipinski definition) is 6. The van der Waals surface area contributed by atoms with E-state index in [-0.39, 0.29) is 11.6 Å². The normalized spacial score (nSPS) is 17.1. The smallest absolute Gasteiger partial charge is 0.276 e. The molecular formula is C18H20N4O4. The van der Waals surface area contributed by atoms with Gasteiger partial charge in [0, 0.05) is 56.0 Å². The van der Waals surface area contributed by atoms with E-state index in [1.807, 2.05) is 4.90 Å². The monoisotopic (exact) mass is 356 g/mol. The summed E-state index contributed by atoms with van der Waals surface area (Å²) >= 11 is 0. The zero-order valence-electron chi connectivity index (χ0n) is 14.4. The second-order valence-electron chi connectivity index (χ2n) is 6.69. The number of benzene rings is 1. The number of anilines is 1. The van der Waals surface area contributed by atoms with Crippen molar-refractivity contribution >= 4 is 17.3 Å². The lowest BCUT2D eigenvalue weighted by Gasteiger charge is -2.35. The van der Waals surface area contributed by atoms with Crippen LogP contribution < -0.4 is 4.90 Å². The Kier molecular flexibility index (Phi) is 4.32. The molecule has 0 radical (unpaired) electrons. The molecule has 4 rings (SSSR count). The van der Waals surface area contributed by atoms with Gasteiger partial charge in [-0.25, -0.2) is 0 Å². The molecule has 0 unspecified atom stereocenters. The highest BCUT2D eigenvalue weighted by Crippen LogP contribution is 2.26. The zero-order chi connectivity index (χ0) is 18.1. The van der Waals surface area contributed by atoms with Gasteiger partial charge in [-0.2, -0.15) is 0 Å². The van der Waals surface area contributed by atoms with Crippen LogP contribution in [0.2, 0.25) is 0 Å². The van der Waals surface area contributed by atoms with Gasteiger partial charge in [-0.3, -0.25) is 14.9 Å². The van der Waals surface area contributed by atoms with Crippen molar-refractivity contribution in [2.45, 2.75) is 25.7 Å². The van der Waals surface area contributed by atoms with Crippen molar-refractivity contribution in [3.8, 4) is 0 Å². The summed E-state index contributed by atoms with van der Waals surface area (Å²) in [7, 11) is 0. The molecule has 0 bridgehead atoms. The number of nitro benzene ring substituents is 1. The largest absolute Gasteiger partial charge is 0.368 e. The lowest BCUT2D eigenvalue weighted by atomic mass is 9.96. The summed E-state index contributed by atoms with van der Waals surface area (Å²) in [6.07, 6.45) is 3.89. The van der Waals surface area contributed by atoms with Crippen LogP contribution in [0.5, 0.6) is 0 Å². The van der Waals surface area contributed by atoms with Crippen molar-refractivity contribution in [3.63, 3.8) is 0 Å². The molecule has 0 atom stereocenters. The van der Waals surface area contributed by atoms with Gasteiger partial charge in [0.1, 0.15) is 5.76 Å². The number of carbonyl (C=O) groups is 1. The Morgan fingerprint density at radius 3 is 2.46 bits per heavy atom. The maximum Gasteiger partial charge on any atom is 0.276 e. The molecule has 1 aliphatic heterocycles. The van der Waals surface area contributed by atoms with Gasteiger partial charge in [-0.05, 0) is 31.4 Å². The molecule has 1 saturated heterocycles. The Morgan fingerprint density at radius 2 is 1.77 bits per heavy atom. The molecule has 8 heteroatoms. The summed E-state index contributed by atoms with van der Waals surface area (Å²) in [5.41, 5.74) is 2.47. The maximum atomic E-state index is 12.8. The van der Waals surface area contributed by atoms with Gasteiger partial charge < -0.3 is 14.3 Å². The molecule has 1 aromatic heterocycles. The van der Waals surface area contributed by atoms with Gasteiger partial charge in [-0.1, -0.05) is 5.16 Å². The van der Waals surface area contributed by atoms with Crippen molar-refractivity contribution < 1.29 is 14.2 Å². The fourth-order valence-electron chi connectivity index (χ4n) is 3.66. The van der Waals surface area contributed by atoms with Crippen LogP contribution in [0.1, 0.15) is 34.7 Å². The number of aryl methyl sites for hydroxylation is 1. The number of hydrogen-bond donors (Lipinski definition) is 0. The van der Waals surface area contributed by atoms with Gasteiger partial charge in [0.25, 0.3) is 11.6 Å². The second kappa shape index (κ2) is 6.78. The standard InChI is InChI=1S/C18H20N4O4/c23-18(17-15-3-1-2-4-16(15)26-19-17)21-11-9-20(10-12-21)13-5-7-14(8-6-13)22(24)25/h5-8H,1-4,9-12H2. The zero-order valence-corrected chi connectivity index (χ0v) is 14.4. The average Bonchev–Trinajstić information content (AvgIpc) is 3.12. The topological polar surface area (TPSA) is 92.7 Å². The number of carbonyl (C=O) groups excluding carboxylic acids is 1. The van der Waals surface area contributed by atoms with E-state index in [9.17, 15) is 14.9 Å². The minimum absolute atomic E-state index is 0.0553. The Labute approximate surface area is 150 Å². The van der Waals surface area contributed by atoms with E-state index in [0.717, 1.165) is 42.7 Å². The van der Waals surface area contributed by atoms with Crippen molar-refractivity contribution in [2.75, 3.05) is 31.1 Å². The number of nitro groups is 1. The second-order valence-corrected chi connectivity index (χ2v) is 6.69. The van der Waals surface area contributed by atoms with E-state index in [1.54, 1.807) is 12.1 Å². The van der Waals surface area contributed by atoms with Crippen LogP contribution in [0.4, 0.5) is 11.4 Å². The quantitative estimate of drug-likeness (QED) is 0.619. The molecule has 8 nitrogen and oxygen atoms in total. The summed E-state index contributed by atoms with van der Waals surface area (Å²) in [6.45, 7) is 2.56. The highest BCUT2D eigenvalue weighted by atomic mass is 16.6. The van der Waals surface area contributed by atoms with Crippen LogP contribution in [0.25, 0.3) is 0 Å². The van der Waals surface area contributed by atoms with E-state index >= 15 is 0 Å². The fraction of sp³-hybridized carbons (Fsp3) is 0.444. The molecule has 136 valence electrons. The number of fused-ring (bicyclic) bond motifs is 1. The molecule has 0 spiro atoms. The number of aromatic nitrogens is 1. The molecule has 1 amide bonds. The molecule has 2 aromatic rings. The predicted octanol–water partition coefficient (Wildman–Crippen LogP) is 2.42. The third-order valence-corrected chi connectivity index (χ3v) is 5.15. The summed E-state index contributed by atoms with van der Waals surface area (Å²) in [4.78, 5) is 27.1. The van der Waals surface area contributed by atoms with E-state index < -0.39 is 4.92 Å². The Balaban J connectivity index is 1.41. The molecule has 1 aromatic carbocycles. The van der Waals surface area contributed by atoms with E-state index in [1.165, 1.54) is 12.1 Å². The summed E-state index contributed by atoms with van der Waals surface area (Å²) in [5.74, 6) is 0.810. The third kappa shape index (κ3) is 3.02. The van der Waals surface area contributed by atoms with Crippen LogP contribution in [0, 0.1) is 10.1 Å². The van der Waals surface area contributed by atoms with Crippen molar-refractivity contribution in [1.82, 2.24) is 10.1 Å². The number of rotatable bonds is 3. The van der Waals surface area contributed by atoms with Crippen molar-refractivity contribution in [2.24, 2.45) is 0 Å². The first-order valence-corrected chi connectivity index (χ1v) is 8.89. The van der Waals surface area contributed by atoms with E-state index in [2.05, 4.69) is 10.1 Å². The van der Waals surface area contributed by atoms with Crippen LogP contribution >= 0.6 is 0 Å². The number of non-ortho nitro benzene ring substituents is 1. The fourth-order valence-corrected chi connectivity index (χ4v) is 3.66. The molecular weight excluding hydrogens is 336 g/mol. The summed E-state index contributed by atoms with van der Waals surface area (Å²) < 4.78 is 5.36. The molecule has 0 N–H and O–H groups in total. The highest BCUT2D eigenvalue weighted by Gasteiger charge is 2.29. The highest BCUT2D eigenvalue weighted by molar-refractivity contribution is 5.94. The Morgan fingerprint density at radius 1 is 1.08 bits per heavy atom. The van der Waals surface area contributed by atoms with Gasteiger partial charge in [0.2, 0.25) is 0 Å². The molecule has 1 aliphatic carbocycles. The van der Waals surface area contributed by atoms with Crippen molar-refractivity contribution in [3.05, 3.63) is 51.4 Å². The molecule has 26 heavy (non-hydrogen) atoms. The Bertz CT molecular complexity index is 822. The third-order valence-electron chi connectivity index (χ3n) is 5.15. The van der Waals surface area contributed by atoms with Gasteiger partial charge in [0.15, 0.2) is 5.69 Å². The number of amides is 1. The lowest BCUT2D eigenvalue weighted by Crippen LogP contribution is -2.49. The maximum absolute atomic E-state index is 12.8. The van der Waals surface area contributed by atoms with Gasteiger partial charge in [-0.15, -0.1) is 0 Å². The van der Waals surface area contributed by atoms with Crippen LogP contribution in [-0.4, -0.2) is 47.1 Å². The number of piperazine rings is 1. The molecule has 2 heterocycles. The van der Waals surface area contributed by atoms with Crippen LogP contribution in [-0.2, 0) is 12.8 Å². The first kappa shape index (κ1) is 16.6. The minimum Gasteiger partial charge on any atom is -0.368 e. The summed E-state index contributed by atoms with van der Waals surface area (Å²) in [6, 6.07) is 6.52. The van der Waals surface area contributed by atoms with E-state index in [4.69, 9.17) is 4.52 Å². The molecule has 2 aliphatic rings. The first-order valence-electron chi connectivity index (χ1n) is 8.89. The SMILES string of the molecule is O=C(c1noc2c1CCCC2)N1CCN(c2ccc([N+](=O)[O-])cc2)CC1. The number of nitrogens with zero attached hydrogens (tertiary/aromatic N) is 4. The predicted molar refractivity (Wildman–Crippen MR) is 94.4 cm³/mol. The van der Waals surface area contributed by atoms with Crippen LogP contribution in [0.3, 0.4) is 0 Å². The Hall–Kier alpha value is -2.90. The molecule has 1 fully saturated rings. The van der Waals surface area contributed by atoms with Crippen LogP contribution in [0.15, 0.2) is 28.8 Å². The van der Waals surface area contributed by atoms with Gasteiger partial charge in [0.05, 0.1) is 4.92 Å².